The molecule has 1 aromatic rings. The lowest BCUT2D eigenvalue weighted by Gasteiger charge is -2.35. The third-order valence-electron chi connectivity index (χ3n) is 6.84. The number of anilines is 1. The Hall–Kier alpha value is -2.19. The maximum atomic E-state index is 12.1. The number of aliphatic carboxylic acids is 1. The smallest absolute Gasteiger partial charge is 0.326 e. The highest BCUT2D eigenvalue weighted by Crippen LogP contribution is 2.34. The summed E-state index contributed by atoms with van der Waals surface area (Å²) in [5.74, 6) is 0.653. The van der Waals surface area contributed by atoms with E-state index < -0.39 is 12.0 Å². The second-order valence-corrected chi connectivity index (χ2v) is 9.39. The number of hydrogen-bond donors (Lipinski definition) is 3. The van der Waals surface area contributed by atoms with Gasteiger partial charge in [-0.1, -0.05) is 6.07 Å². The quantitative estimate of drug-likeness (QED) is 0.480. The summed E-state index contributed by atoms with van der Waals surface area (Å²) in [6.07, 6.45) is 8.04. The van der Waals surface area contributed by atoms with E-state index in [0.717, 1.165) is 56.6 Å². The van der Waals surface area contributed by atoms with Crippen LogP contribution in [-0.2, 0) is 31.9 Å². The number of nitrogens with one attached hydrogen (secondary N) is 2. The van der Waals surface area contributed by atoms with Crippen LogP contribution in [0.3, 0.4) is 0 Å². The molecule has 8 heteroatoms. The van der Waals surface area contributed by atoms with Gasteiger partial charge >= 0.3 is 5.97 Å². The van der Waals surface area contributed by atoms with E-state index in [9.17, 15) is 14.7 Å². The zero-order chi connectivity index (χ0) is 22.3. The van der Waals surface area contributed by atoms with Gasteiger partial charge in [0.25, 0.3) is 0 Å². The van der Waals surface area contributed by atoms with Gasteiger partial charge in [-0.25, -0.2) is 9.78 Å². The predicted octanol–water partition coefficient (Wildman–Crippen LogP) is 2.55. The number of ether oxygens (including phenoxy) is 2. The van der Waals surface area contributed by atoms with Crippen LogP contribution >= 0.6 is 0 Å². The highest BCUT2D eigenvalue weighted by atomic mass is 16.5. The van der Waals surface area contributed by atoms with Gasteiger partial charge < -0.3 is 25.2 Å². The fraction of sp³-hybridized carbons (Fsp3) is 0.708. The fourth-order valence-electron chi connectivity index (χ4n) is 4.78. The van der Waals surface area contributed by atoms with E-state index in [1.54, 1.807) is 0 Å². The standard InChI is InChI=1S/C24H35N3O5/c28-22(14-17-7-10-31-15-17)27-21(24(29)30)8-11-32-20-12-16(13-20)3-5-19-6-4-18-2-1-9-25-23(18)26-19/h4,6,16-17,20-21H,1-3,5,7-15H2,(H,25,26)(H,27,28)(H,29,30). The Morgan fingerprint density at radius 3 is 2.97 bits per heavy atom. The van der Waals surface area contributed by atoms with E-state index in [1.807, 2.05) is 0 Å². The van der Waals surface area contributed by atoms with Crippen LogP contribution in [0.4, 0.5) is 5.82 Å². The summed E-state index contributed by atoms with van der Waals surface area (Å²) >= 11 is 0. The lowest BCUT2D eigenvalue weighted by molar-refractivity contribution is -0.143. The Morgan fingerprint density at radius 1 is 1.31 bits per heavy atom. The van der Waals surface area contributed by atoms with Gasteiger partial charge in [0.15, 0.2) is 0 Å². The van der Waals surface area contributed by atoms with Crippen LogP contribution in [-0.4, -0.2) is 60.5 Å². The second-order valence-electron chi connectivity index (χ2n) is 9.39. The van der Waals surface area contributed by atoms with Crippen molar-refractivity contribution >= 4 is 17.7 Å². The third kappa shape index (κ3) is 6.42. The lowest BCUT2D eigenvalue weighted by atomic mass is 9.79. The van der Waals surface area contributed by atoms with Gasteiger partial charge in [0.1, 0.15) is 11.9 Å². The zero-order valence-electron chi connectivity index (χ0n) is 18.7. The first-order chi connectivity index (χ1) is 15.6. The molecule has 1 amide bonds. The van der Waals surface area contributed by atoms with Crippen LogP contribution in [0.5, 0.6) is 0 Å². The summed E-state index contributed by atoms with van der Waals surface area (Å²) in [5.41, 5.74) is 2.47. The third-order valence-corrected chi connectivity index (χ3v) is 6.84. The van der Waals surface area contributed by atoms with E-state index in [4.69, 9.17) is 14.5 Å². The van der Waals surface area contributed by atoms with Crippen molar-refractivity contribution in [1.29, 1.82) is 0 Å². The molecule has 3 N–H and O–H groups in total. The number of amides is 1. The average Bonchev–Trinajstić information content (AvgIpc) is 3.26. The van der Waals surface area contributed by atoms with Crippen molar-refractivity contribution < 1.29 is 24.2 Å². The average molecular weight is 446 g/mol. The summed E-state index contributed by atoms with van der Waals surface area (Å²) in [4.78, 5) is 28.4. The molecule has 0 spiro atoms. The SMILES string of the molecule is O=C(CC1CCOC1)NC(CCOC1CC(CCc2ccc3c(n2)NCCC3)C1)C(=O)O. The minimum absolute atomic E-state index is 0.193. The van der Waals surface area contributed by atoms with Crippen LogP contribution < -0.4 is 10.6 Å². The fourth-order valence-corrected chi connectivity index (χ4v) is 4.78. The van der Waals surface area contributed by atoms with Gasteiger partial charge in [-0.05, 0) is 68.4 Å². The van der Waals surface area contributed by atoms with Gasteiger partial charge in [-0.3, -0.25) is 4.79 Å². The summed E-state index contributed by atoms with van der Waals surface area (Å²) in [5, 5.41) is 15.4. The van der Waals surface area contributed by atoms with Gasteiger partial charge in [0, 0.05) is 44.9 Å². The van der Waals surface area contributed by atoms with E-state index in [0.29, 0.717) is 32.2 Å². The van der Waals surface area contributed by atoms with Crippen molar-refractivity contribution in [2.45, 2.75) is 69.9 Å². The first-order valence-electron chi connectivity index (χ1n) is 12.0. The molecule has 8 nitrogen and oxygen atoms in total. The molecule has 1 saturated carbocycles. The summed E-state index contributed by atoms with van der Waals surface area (Å²) < 4.78 is 11.1. The summed E-state index contributed by atoms with van der Waals surface area (Å²) in [6.45, 7) is 2.61. The van der Waals surface area contributed by atoms with Crippen LogP contribution in [0.1, 0.15) is 56.2 Å². The number of fused-ring (bicyclic) bond motifs is 1. The number of carbonyl (C=O) groups excluding carboxylic acids is 1. The number of aryl methyl sites for hydroxylation is 2. The van der Waals surface area contributed by atoms with Gasteiger partial charge in [0.05, 0.1) is 6.10 Å². The van der Waals surface area contributed by atoms with Crippen molar-refractivity contribution in [3.05, 3.63) is 23.4 Å². The van der Waals surface area contributed by atoms with Crippen molar-refractivity contribution in [2.75, 3.05) is 31.7 Å². The highest BCUT2D eigenvalue weighted by molar-refractivity contribution is 5.83. The molecule has 176 valence electrons. The lowest BCUT2D eigenvalue weighted by Crippen LogP contribution is -2.42. The summed E-state index contributed by atoms with van der Waals surface area (Å²) in [6, 6.07) is 3.46. The zero-order valence-corrected chi connectivity index (χ0v) is 18.7. The predicted molar refractivity (Wildman–Crippen MR) is 120 cm³/mol. The monoisotopic (exact) mass is 445 g/mol. The second kappa shape index (κ2) is 11.1. The Balaban J connectivity index is 1.10. The number of rotatable bonds is 11. The Bertz CT molecular complexity index is 790. The number of pyridine rings is 1. The van der Waals surface area contributed by atoms with E-state index >= 15 is 0 Å². The molecular formula is C24H35N3O5. The van der Waals surface area contributed by atoms with Gasteiger partial charge in [0.2, 0.25) is 5.91 Å². The van der Waals surface area contributed by atoms with Crippen LogP contribution in [0.25, 0.3) is 0 Å². The molecule has 4 rings (SSSR count). The molecule has 1 aromatic heterocycles. The first-order valence-corrected chi connectivity index (χ1v) is 12.0. The molecule has 1 saturated heterocycles. The van der Waals surface area contributed by atoms with Gasteiger partial charge in [-0.15, -0.1) is 0 Å². The molecule has 3 aliphatic rings. The molecule has 0 bridgehead atoms. The van der Waals surface area contributed by atoms with Crippen molar-refractivity contribution in [3.8, 4) is 0 Å². The molecular weight excluding hydrogens is 410 g/mol. The molecule has 0 radical (unpaired) electrons. The van der Waals surface area contributed by atoms with Crippen LogP contribution in [0.2, 0.25) is 0 Å². The number of carboxylic acids is 1. The maximum Gasteiger partial charge on any atom is 0.326 e. The number of aromatic nitrogens is 1. The van der Waals surface area contributed by atoms with Crippen molar-refractivity contribution in [1.82, 2.24) is 10.3 Å². The summed E-state index contributed by atoms with van der Waals surface area (Å²) in [7, 11) is 0. The van der Waals surface area contributed by atoms with Crippen molar-refractivity contribution in [3.63, 3.8) is 0 Å². The molecule has 3 heterocycles. The molecule has 2 aliphatic heterocycles. The molecule has 1 aliphatic carbocycles. The highest BCUT2D eigenvalue weighted by Gasteiger charge is 2.30. The largest absolute Gasteiger partial charge is 0.480 e. The van der Waals surface area contributed by atoms with Gasteiger partial charge in [-0.2, -0.15) is 0 Å². The number of carboxylic acid groups (broad SMARTS) is 1. The maximum absolute atomic E-state index is 12.1. The van der Waals surface area contributed by atoms with Crippen molar-refractivity contribution in [2.24, 2.45) is 11.8 Å². The molecule has 2 unspecified atom stereocenters. The normalized spacial score (nSPS) is 25.3. The number of hydrogen-bond acceptors (Lipinski definition) is 6. The molecule has 2 fully saturated rings. The number of carbonyl (C=O) groups is 2. The van der Waals surface area contributed by atoms with E-state index in [-0.39, 0.29) is 24.3 Å². The molecule has 0 aromatic carbocycles. The molecule has 2 atom stereocenters. The minimum Gasteiger partial charge on any atom is -0.480 e. The number of nitrogens with zero attached hydrogens (tertiary/aromatic N) is 1. The minimum atomic E-state index is -1.01. The van der Waals surface area contributed by atoms with Crippen LogP contribution in [0, 0.1) is 11.8 Å². The Kier molecular flexibility index (Phi) is 7.97. The first kappa shape index (κ1) is 23.0. The Morgan fingerprint density at radius 2 is 2.19 bits per heavy atom. The Labute approximate surface area is 189 Å². The van der Waals surface area contributed by atoms with Crippen LogP contribution in [0.15, 0.2) is 12.1 Å². The van der Waals surface area contributed by atoms with E-state index in [2.05, 4.69) is 22.8 Å². The topological polar surface area (TPSA) is 110 Å². The van der Waals surface area contributed by atoms with E-state index in [1.165, 1.54) is 12.0 Å². The molecule has 32 heavy (non-hydrogen) atoms.